The third-order valence-corrected chi connectivity index (χ3v) is 6.94. The second kappa shape index (κ2) is 12.2. The van der Waals surface area contributed by atoms with Gasteiger partial charge in [0.2, 0.25) is 5.91 Å². The van der Waals surface area contributed by atoms with E-state index in [2.05, 4.69) is 10.4 Å². The molecule has 0 radical (unpaired) electrons. The molecule has 0 aromatic heterocycles. The number of carbonyl (C=O) groups excluding carboxylic acids is 3. The molecule has 2 heterocycles. The Balaban J connectivity index is 1.15. The number of piperazine rings is 1. The normalized spacial score (nSPS) is 17.2. The molecule has 3 aromatic carbocycles. The van der Waals surface area contributed by atoms with E-state index in [0.29, 0.717) is 48.6 Å². The first kappa shape index (κ1) is 27.8. The van der Waals surface area contributed by atoms with Gasteiger partial charge in [-0.15, -0.1) is 0 Å². The fourth-order valence-corrected chi connectivity index (χ4v) is 4.69. The summed E-state index contributed by atoms with van der Waals surface area (Å²) >= 11 is 0. The zero-order chi connectivity index (χ0) is 28.9. The molecule has 2 saturated heterocycles. The van der Waals surface area contributed by atoms with Crippen molar-refractivity contribution in [3.8, 4) is 11.1 Å². The second-order valence-electron chi connectivity index (χ2n) is 9.84. The number of carbonyl (C=O) groups is 3. The number of hydrogen-bond donors (Lipinski definition) is 1. The molecular formula is C30H29F2N5O4. The number of nitrogens with zero attached hydrogens (tertiary/aromatic N) is 4. The summed E-state index contributed by atoms with van der Waals surface area (Å²) in [5, 5.41) is 9.01. The minimum atomic E-state index is -0.586. The van der Waals surface area contributed by atoms with Crippen molar-refractivity contribution in [1.29, 1.82) is 0 Å². The number of halogens is 2. The van der Waals surface area contributed by atoms with Crippen molar-refractivity contribution in [3.05, 3.63) is 89.5 Å². The minimum Gasteiger partial charge on any atom is -0.442 e. The summed E-state index contributed by atoms with van der Waals surface area (Å²) in [7, 11) is 0. The highest BCUT2D eigenvalue weighted by Crippen LogP contribution is 2.29. The van der Waals surface area contributed by atoms with Crippen molar-refractivity contribution in [1.82, 2.24) is 15.2 Å². The SMILES string of the molecule is CC(=O)NC[C@H]1CN(c2ccc(-c3ccc(C=NN4CCN(C(=O)c5ccc(F)cc5)CC4)cc3)c(F)c2)C(=O)O1. The molecule has 0 saturated carbocycles. The number of nitrogens with one attached hydrogen (secondary N) is 1. The van der Waals surface area contributed by atoms with E-state index in [1.54, 1.807) is 35.4 Å². The molecule has 9 nitrogen and oxygen atoms in total. The van der Waals surface area contributed by atoms with E-state index in [-0.39, 0.29) is 30.7 Å². The van der Waals surface area contributed by atoms with Crippen LogP contribution in [0.5, 0.6) is 0 Å². The Bertz CT molecular complexity index is 1450. The van der Waals surface area contributed by atoms with Gasteiger partial charge in [0.05, 0.1) is 38.1 Å². The zero-order valence-electron chi connectivity index (χ0n) is 22.4. The molecule has 212 valence electrons. The third-order valence-electron chi connectivity index (χ3n) is 6.94. The van der Waals surface area contributed by atoms with Crippen LogP contribution >= 0.6 is 0 Å². The van der Waals surface area contributed by atoms with Gasteiger partial charge in [0.25, 0.3) is 5.91 Å². The Morgan fingerprint density at radius 1 is 1.00 bits per heavy atom. The fraction of sp³-hybridized carbons (Fsp3) is 0.267. The molecule has 0 bridgehead atoms. The fourth-order valence-electron chi connectivity index (χ4n) is 4.69. The van der Waals surface area contributed by atoms with E-state index in [4.69, 9.17) is 4.74 Å². The van der Waals surface area contributed by atoms with Gasteiger partial charge in [0.15, 0.2) is 0 Å². The van der Waals surface area contributed by atoms with E-state index >= 15 is 4.39 Å². The van der Waals surface area contributed by atoms with Gasteiger partial charge in [-0.3, -0.25) is 19.5 Å². The van der Waals surface area contributed by atoms with Crippen LogP contribution in [0.1, 0.15) is 22.8 Å². The molecule has 1 atom stereocenters. The highest BCUT2D eigenvalue weighted by molar-refractivity contribution is 5.94. The summed E-state index contributed by atoms with van der Waals surface area (Å²) in [6.07, 6.45) is 0.630. The van der Waals surface area contributed by atoms with Crippen molar-refractivity contribution in [2.75, 3.05) is 44.2 Å². The number of amides is 3. The van der Waals surface area contributed by atoms with E-state index < -0.39 is 18.0 Å². The number of benzene rings is 3. The van der Waals surface area contributed by atoms with Crippen molar-refractivity contribution in [3.63, 3.8) is 0 Å². The smallest absolute Gasteiger partial charge is 0.414 e. The molecule has 0 unspecified atom stereocenters. The maximum atomic E-state index is 15.1. The first-order chi connectivity index (χ1) is 19.8. The van der Waals surface area contributed by atoms with Gasteiger partial charge in [0.1, 0.15) is 17.7 Å². The molecule has 0 spiro atoms. The Kier molecular flexibility index (Phi) is 8.23. The molecule has 3 amide bonds. The van der Waals surface area contributed by atoms with Crippen molar-refractivity contribution in [2.24, 2.45) is 5.10 Å². The summed E-state index contributed by atoms with van der Waals surface area (Å²) in [4.78, 5) is 39.0. The predicted octanol–water partition coefficient (Wildman–Crippen LogP) is 3.89. The predicted molar refractivity (Wildman–Crippen MR) is 150 cm³/mol. The van der Waals surface area contributed by atoms with Gasteiger partial charge < -0.3 is 15.0 Å². The number of rotatable bonds is 7. The lowest BCUT2D eigenvalue weighted by Gasteiger charge is -2.33. The van der Waals surface area contributed by atoms with Crippen LogP contribution in [0.3, 0.4) is 0 Å². The van der Waals surface area contributed by atoms with Gasteiger partial charge in [0, 0.05) is 31.1 Å². The molecule has 11 heteroatoms. The van der Waals surface area contributed by atoms with Crippen LogP contribution in [0.25, 0.3) is 11.1 Å². The first-order valence-corrected chi connectivity index (χ1v) is 13.2. The molecule has 41 heavy (non-hydrogen) atoms. The van der Waals surface area contributed by atoms with Gasteiger partial charge in [-0.25, -0.2) is 13.6 Å². The standard InChI is InChI=1S/C30H29F2N5O4/c1-20(38)33-18-26-19-37(30(40)41-26)25-10-11-27(28(32)16-25)22-4-2-21(3-5-22)17-34-36-14-12-35(13-15-36)29(39)23-6-8-24(31)9-7-23/h2-11,16-17,26H,12-15,18-19H2,1H3,(H,33,38)/t26-/m0/s1. The van der Waals surface area contributed by atoms with Crippen LogP contribution in [-0.4, -0.2) is 79.4 Å². The van der Waals surface area contributed by atoms with E-state index in [0.717, 1.165) is 5.56 Å². The first-order valence-electron chi connectivity index (χ1n) is 13.2. The van der Waals surface area contributed by atoms with E-state index in [1.807, 2.05) is 17.1 Å². The van der Waals surface area contributed by atoms with Crippen LogP contribution in [0, 0.1) is 11.6 Å². The number of hydrogen-bond acceptors (Lipinski definition) is 6. The van der Waals surface area contributed by atoms with Crippen LogP contribution in [0.4, 0.5) is 19.3 Å². The van der Waals surface area contributed by atoms with Crippen LogP contribution in [0.15, 0.2) is 71.8 Å². The van der Waals surface area contributed by atoms with Crippen LogP contribution < -0.4 is 10.2 Å². The Labute approximate surface area is 236 Å². The van der Waals surface area contributed by atoms with Gasteiger partial charge in [-0.2, -0.15) is 5.10 Å². The lowest BCUT2D eigenvalue weighted by atomic mass is 10.0. The average Bonchev–Trinajstić information content (AvgIpc) is 3.36. The van der Waals surface area contributed by atoms with Crippen LogP contribution in [0.2, 0.25) is 0 Å². The molecule has 2 fully saturated rings. The van der Waals surface area contributed by atoms with Gasteiger partial charge in [-0.05, 0) is 53.6 Å². The lowest BCUT2D eigenvalue weighted by molar-refractivity contribution is -0.119. The Morgan fingerprint density at radius 2 is 1.71 bits per heavy atom. The molecule has 5 rings (SSSR count). The maximum absolute atomic E-state index is 15.1. The summed E-state index contributed by atoms with van der Waals surface area (Å²) in [6.45, 7) is 3.94. The molecule has 0 aliphatic carbocycles. The number of anilines is 1. The summed E-state index contributed by atoms with van der Waals surface area (Å²) in [5.74, 6) is -1.20. The lowest BCUT2D eigenvalue weighted by Crippen LogP contribution is -2.46. The van der Waals surface area contributed by atoms with Gasteiger partial charge >= 0.3 is 6.09 Å². The van der Waals surface area contributed by atoms with E-state index in [1.165, 1.54) is 42.2 Å². The third kappa shape index (κ3) is 6.68. The monoisotopic (exact) mass is 561 g/mol. The van der Waals surface area contributed by atoms with Gasteiger partial charge in [-0.1, -0.05) is 24.3 Å². The van der Waals surface area contributed by atoms with Crippen molar-refractivity contribution < 1.29 is 27.9 Å². The zero-order valence-corrected chi connectivity index (χ0v) is 22.4. The van der Waals surface area contributed by atoms with Crippen molar-refractivity contribution in [2.45, 2.75) is 13.0 Å². The molecule has 2 aliphatic rings. The highest BCUT2D eigenvalue weighted by Gasteiger charge is 2.32. The molecule has 3 aromatic rings. The average molecular weight is 562 g/mol. The summed E-state index contributed by atoms with van der Waals surface area (Å²) in [5.41, 5.74) is 2.74. The second-order valence-corrected chi connectivity index (χ2v) is 9.84. The maximum Gasteiger partial charge on any atom is 0.414 e. The number of ether oxygens (including phenoxy) is 1. The Hall–Kier alpha value is -4.80. The van der Waals surface area contributed by atoms with Crippen molar-refractivity contribution >= 4 is 29.8 Å². The quantitative estimate of drug-likeness (QED) is 0.442. The summed E-state index contributed by atoms with van der Waals surface area (Å²) < 4.78 is 33.4. The highest BCUT2D eigenvalue weighted by atomic mass is 19.1. The van der Waals surface area contributed by atoms with E-state index in [9.17, 15) is 18.8 Å². The molecule has 1 N–H and O–H groups in total. The topological polar surface area (TPSA) is 94.5 Å². The summed E-state index contributed by atoms with van der Waals surface area (Å²) in [6, 6.07) is 17.4. The largest absolute Gasteiger partial charge is 0.442 e. The molecule has 2 aliphatic heterocycles. The Morgan fingerprint density at radius 3 is 2.37 bits per heavy atom. The minimum absolute atomic E-state index is 0.129. The number of cyclic esters (lactones) is 1. The van der Waals surface area contributed by atoms with Crippen LogP contribution in [-0.2, 0) is 9.53 Å². The number of hydrazone groups is 1. The molecular weight excluding hydrogens is 532 g/mol.